The zero-order valence-corrected chi connectivity index (χ0v) is 4.78. The fraction of sp³-hybridized carbons (Fsp3) is 0.200. The Morgan fingerprint density at radius 3 is 2.44 bits per heavy atom. The Balaban J connectivity index is 2.88. The largest absolute Gasteiger partial charge is 0.505 e. The average molecular weight is 125 g/mol. The fourth-order valence-corrected chi connectivity index (χ4v) is 0.453. The third kappa shape index (κ3) is 1.36. The van der Waals surface area contributed by atoms with Gasteiger partial charge in [-0.3, -0.25) is 0 Å². The van der Waals surface area contributed by atoms with Crippen molar-refractivity contribution in [3.05, 3.63) is 18.2 Å². The highest BCUT2D eigenvalue weighted by molar-refractivity contribution is 5.09. The predicted molar refractivity (Wildman–Crippen MR) is 31.6 cm³/mol. The van der Waals surface area contributed by atoms with E-state index in [9.17, 15) is 0 Å². The maximum Gasteiger partial charge on any atom is 0.152 e. The topological polar surface area (TPSA) is 72.0 Å². The fourth-order valence-electron chi connectivity index (χ4n) is 0.453. The molecule has 3 N–H and O–H groups in total. The normalized spacial score (nSPS) is 9.44. The minimum Gasteiger partial charge on any atom is -0.505 e. The molecule has 0 radical (unpaired) electrons. The number of rotatable bonds is 1. The maximum absolute atomic E-state index is 8.69. The molecule has 0 aliphatic carbocycles. The first-order valence-corrected chi connectivity index (χ1v) is 2.53. The van der Waals surface area contributed by atoms with Gasteiger partial charge in [-0.25, -0.2) is 9.97 Å². The smallest absolute Gasteiger partial charge is 0.152 e. The molecule has 0 amide bonds. The molecule has 4 heteroatoms. The van der Waals surface area contributed by atoms with E-state index in [0.717, 1.165) is 0 Å². The Hall–Kier alpha value is -1.16. The molecule has 0 aromatic carbocycles. The van der Waals surface area contributed by atoms with Gasteiger partial charge in [0.1, 0.15) is 5.82 Å². The van der Waals surface area contributed by atoms with Crippen LogP contribution in [0.25, 0.3) is 0 Å². The van der Waals surface area contributed by atoms with Crippen LogP contribution < -0.4 is 5.73 Å². The molecule has 1 heterocycles. The van der Waals surface area contributed by atoms with E-state index < -0.39 is 0 Å². The maximum atomic E-state index is 8.69. The van der Waals surface area contributed by atoms with Gasteiger partial charge in [-0.05, 0) is 0 Å². The zero-order valence-electron chi connectivity index (χ0n) is 4.78. The van der Waals surface area contributed by atoms with Gasteiger partial charge in [-0.15, -0.1) is 0 Å². The van der Waals surface area contributed by atoms with Gasteiger partial charge in [0.05, 0.1) is 18.9 Å². The van der Waals surface area contributed by atoms with Crippen LogP contribution in [0.5, 0.6) is 5.75 Å². The molecule has 9 heavy (non-hydrogen) atoms. The third-order valence-corrected chi connectivity index (χ3v) is 0.874. The van der Waals surface area contributed by atoms with E-state index in [-0.39, 0.29) is 5.75 Å². The summed E-state index contributed by atoms with van der Waals surface area (Å²) < 4.78 is 0. The minimum atomic E-state index is 0.0622. The number of hydrogen-bond donors (Lipinski definition) is 2. The van der Waals surface area contributed by atoms with Crippen LogP contribution in [0.15, 0.2) is 12.4 Å². The molecule has 0 atom stereocenters. The standard InChI is InChI=1S/C5H7N3O/c6-1-5-7-2-4(9)3-8-5/h2-3,9H,1,6H2. The van der Waals surface area contributed by atoms with Crippen molar-refractivity contribution in [1.29, 1.82) is 0 Å². The van der Waals surface area contributed by atoms with Crippen molar-refractivity contribution in [1.82, 2.24) is 9.97 Å². The second-order valence-corrected chi connectivity index (χ2v) is 1.56. The van der Waals surface area contributed by atoms with Gasteiger partial charge in [0.25, 0.3) is 0 Å². The van der Waals surface area contributed by atoms with Crippen LogP contribution in [0.3, 0.4) is 0 Å². The molecule has 0 unspecified atom stereocenters. The van der Waals surface area contributed by atoms with Crippen LogP contribution in [-0.2, 0) is 6.54 Å². The molecule has 0 aliphatic rings. The van der Waals surface area contributed by atoms with E-state index in [4.69, 9.17) is 10.8 Å². The highest BCUT2D eigenvalue weighted by atomic mass is 16.3. The number of nitrogens with zero attached hydrogens (tertiary/aromatic N) is 2. The molecular weight excluding hydrogens is 118 g/mol. The number of aromatic hydroxyl groups is 1. The zero-order chi connectivity index (χ0) is 6.69. The Bertz CT molecular complexity index is 184. The molecular formula is C5H7N3O. The lowest BCUT2D eigenvalue weighted by molar-refractivity contribution is 0.468. The first kappa shape index (κ1) is 5.97. The monoisotopic (exact) mass is 125 g/mol. The van der Waals surface area contributed by atoms with Crippen LogP contribution in [-0.4, -0.2) is 15.1 Å². The van der Waals surface area contributed by atoms with Crippen LogP contribution in [0.2, 0.25) is 0 Å². The Labute approximate surface area is 52.4 Å². The summed E-state index contributed by atoms with van der Waals surface area (Å²) in [5, 5.41) is 8.69. The molecule has 0 fully saturated rings. The lowest BCUT2D eigenvalue weighted by Crippen LogP contribution is -2.01. The Kier molecular flexibility index (Phi) is 1.60. The van der Waals surface area contributed by atoms with Crippen molar-refractivity contribution in [3.8, 4) is 5.75 Å². The molecule has 0 spiro atoms. The van der Waals surface area contributed by atoms with Crippen LogP contribution in [0, 0.1) is 0 Å². The molecule has 0 saturated heterocycles. The van der Waals surface area contributed by atoms with Gasteiger partial charge in [0.15, 0.2) is 5.75 Å². The van der Waals surface area contributed by atoms with Crippen LogP contribution in [0.1, 0.15) is 5.82 Å². The molecule has 48 valence electrons. The lowest BCUT2D eigenvalue weighted by Gasteiger charge is -1.91. The Morgan fingerprint density at radius 2 is 2.00 bits per heavy atom. The second kappa shape index (κ2) is 2.41. The summed E-state index contributed by atoms with van der Waals surface area (Å²) in [5.41, 5.74) is 5.19. The SMILES string of the molecule is NCc1ncc(O)cn1. The lowest BCUT2D eigenvalue weighted by atomic mass is 10.5. The number of nitrogens with two attached hydrogens (primary N) is 1. The van der Waals surface area contributed by atoms with Crippen molar-refractivity contribution in [2.24, 2.45) is 5.73 Å². The highest BCUT2D eigenvalue weighted by Crippen LogP contribution is 2.00. The van der Waals surface area contributed by atoms with Gasteiger partial charge >= 0.3 is 0 Å². The minimum absolute atomic E-state index is 0.0622. The average Bonchev–Trinajstić information content (AvgIpc) is 1.90. The van der Waals surface area contributed by atoms with Crippen molar-refractivity contribution in [3.63, 3.8) is 0 Å². The molecule has 0 aliphatic heterocycles. The van der Waals surface area contributed by atoms with Gasteiger partial charge in [0.2, 0.25) is 0 Å². The summed E-state index contributed by atoms with van der Waals surface area (Å²) in [6.07, 6.45) is 2.63. The van der Waals surface area contributed by atoms with Crippen molar-refractivity contribution in [2.45, 2.75) is 6.54 Å². The van der Waals surface area contributed by atoms with E-state index in [0.29, 0.717) is 12.4 Å². The summed E-state index contributed by atoms with van der Waals surface area (Å²) in [4.78, 5) is 7.42. The summed E-state index contributed by atoms with van der Waals surface area (Å²) in [6.45, 7) is 0.306. The van der Waals surface area contributed by atoms with E-state index >= 15 is 0 Å². The number of aromatic nitrogens is 2. The van der Waals surface area contributed by atoms with Gasteiger partial charge in [-0.2, -0.15) is 0 Å². The molecule has 1 rings (SSSR count). The van der Waals surface area contributed by atoms with E-state index in [2.05, 4.69) is 9.97 Å². The second-order valence-electron chi connectivity index (χ2n) is 1.56. The number of hydrogen-bond acceptors (Lipinski definition) is 4. The van der Waals surface area contributed by atoms with Gasteiger partial charge in [-0.1, -0.05) is 0 Å². The summed E-state index contributed by atoms with van der Waals surface area (Å²) in [6, 6.07) is 0. The van der Waals surface area contributed by atoms with E-state index in [1.807, 2.05) is 0 Å². The van der Waals surface area contributed by atoms with Crippen LogP contribution in [0.4, 0.5) is 0 Å². The predicted octanol–water partition coefficient (Wildman–Crippen LogP) is -0.359. The first-order chi connectivity index (χ1) is 4.33. The first-order valence-electron chi connectivity index (χ1n) is 2.53. The Morgan fingerprint density at radius 1 is 1.44 bits per heavy atom. The summed E-state index contributed by atoms with van der Waals surface area (Å²) >= 11 is 0. The highest BCUT2D eigenvalue weighted by Gasteiger charge is 1.89. The van der Waals surface area contributed by atoms with Crippen molar-refractivity contribution >= 4 is 0 Å². The molecule has 0 saturated carbocycles. The van der Waals surface area contributed by atoms with Gasteiger partial charge in [0, 0.05) is 0 Å². The van der Waals surface area contributed by atoms with E-state index in [1.165, 1.54) is 12.4 Å². The molecule has 4 nitrogen and oxygen atoms in total. The summed E-state index contributed by atoms with van der Waals surface area (Å²) in [7, 11) is 0. The molecule has 1 aromatic heterocycles. The quantitative estimate of drug-likeness (QED) is 0.537. The van der Waals surface area contributed by atoms with E-state index in [1.54, 1.807) is 0 Å². The molecule has 1 aromatic rings. The van der Waals surface area contributed by atoms with Crippen molar-refractivity contribution < 1.29 is 5.11 Å². The summed E-state index contributed by atoms with van der Waals surface area (Å²) in [5.74, 6) is 0.597. The van der Waals surface area contributed by atoms with Crippen LogP contribution >= 0.6 is 0 Å². The van der Waals surface area contributed by atoms with Crippen molar-refractivity contribution in [2.75, 3.05) is 0 Å². The third-order valence-electron chi connectivity index (χ3n) is 0.874. The van der Waals surface area contributed by atoms with Gasteiger partial charge < -0.3 is 10.8 Å². The molecule has 0 bridgehead atoms.